The van der Waals surface area contributed by atoms with Crippen LogP contribution in [0, 0.1) is 5.41 Å². The van der Waals surface area contributed by atoms with Crippen LogP contribution >= 0.6 is 11.6 Å². The molecule has 0 saturated carbocycles. The second-order valence-electron chi connectivity index (χ2n) is 10.5. The number of nitrogens with zero attached hydrogens (tertiary/aromatic N) is 1. The van der Waals surface area contributed by atoms with Crippen LogP contribution in [0.5, 0.6) is 0 Å². The summed E-state index contributed by atoms with van der Waals surface area (Å²) in [6, 6.07) is 19.5. The molecule has 0 aromatic heterocycles. The summed E-state index contributed by atoms with van der Waals surface area (Å²) in [6.45, 7) is 5.39. The van der Waals surface area contributed by atoms with E-state index in [0.717, 1.165) is 9.87 Å². The SMILES string of the molecule is CC(C)(C)C(C(=O)O)N(c1cccc(Cl)c1)S(=O)(=O)c1cccc(C(=O)NCCC(=O)NCCc2ccccc2)c1. The summed E-state index contributed by atoms with van der Waals surface area (Å²) in [7, 11) is -4.47. The number of carbonyl (C=O) groups excluding carboxylic acids is 2. The van der Waals surface area contributed by atoms with E-state index in [1.165, 1.54) is 42.5 Å². The first-order chi connectivity index (χ1) is 19.3. The molecule has 1 unspecified atom stereocenters. The van der Waals surface area contributed by atoms with Crippen LogP contribution in [-0.2, 0) is 26.0 Å². The van der Waals surface area contributed by atoms with E-state index >= 15 is 0 Å². The third-order valence-corrected chi connectivity index (χ3v) is 8.25. The molecule has 0 aliphatic rings. The maximum Gasteiger partial charge on any atom is 0.328 e. The first kappa shape index (κ1) is 31.6. The Labute approximate surface area is 245 Å². The van der Waals surface area contributed by atoms with Crippen molar-refractivity contribution in [1.29, 1.82) is 0 Å². The van der Waals surface area contributed by atoms with Gasteiger partial charge in [-0.15, -0.1) is 0 Å². The quantitative estimate of drug-likeness (QED) is 0.280. The predicted molar refractivity (Wildman–Crippen MR) is 159 cm³/mol. The average Bonchev–Trinajstić information content (AvgIpc) is 2.91. The molecule has 9 nitrogen and oxygen atoms in total. The van der Waals surface area contributed by atoms with Crippen LogP contribution in [0.3, 0.4) is 0 Å². The van der Waals surface area contributed by atoms with Crippen molar-refractivity contribution >= 4 is 45.1 Å². The van der Waals surface area contributed by atoms with E-state index in [0.29, 0.717) is 13.0 Å². The second kappa shape index (κ2) is 13.6. The lowest BCUT2D eigenvalue weighted by molar-refractivity contribution is -0.140. The van der Waals surface area contributed by atoms with Crippen molar-refractivity contribution < 1.29 is 27.9 Å². The summed E-state index contributed by atoms with van der Waals surface area (Å²) in [5, 5.41) is 15.8. The fourth-order valence-corrected chi connectivity index (χ4v) is 6.26. The highest BCUT2D eigenvalue weighted by Crippen LogP contribution is 2.35. The van der Waals surface area contributed by atoms with Gasteiger partial charge in [0.15, 0.2) is 0 Å². The van der Waals surface area contributed by atoms with Crippen LogP contribution in [0.4, 0.5) is 5.69 Å². The zero-order valence-corrected chi connectivity index (χ0v) is 24.7. The molecule has 218 valence electrons. The third-order valence-electron chi connectivity index (χ3n) is 6.22. The third kappa shape index (κ3) is 8.55. The van der Waals surface area contributed by atoms with Gasteiger partial charge in [0.2, 0.25) is 5.91 Å². The van der Waals surface area contributed by atoms with Crippen molar-refractivity contribution in [3.05, 3.63) is 95.0 Å². The number of carbonyl (C=O) groups is 3. The lowest BCUT2D eigenvalue weighted by atomic mass is 9.86. The summed E-state index contributed by atoms with van der Waals surface area (Å²) < 4.78 is 28.7. The van der Waals surface area contributed by atoms with Gasteiger partial charge in [0.1, 0.15) is 6.04 Å². The largest absolute Gasteiger partial charge is 0.480 e. The van der Waals surface area contributed by atoms with E-state index < -0.39 is 33.4 Å². The molecule has 1 atom stereocenters. The normalized spacial score (nSPS) is 12.3. The van der Waals surface area contributed by atoms with Crippen LogP contribution < -0.4 is 14.9 Å². The molecule has 0 saturated heterocycles. The molecule has 0 bridgehead atoms. The fraction of sp³-hybridized carbons (Fsp3) is 0.300. The van der Waals surface area contributed by atoms with Gasteiger partial charge in [-0.25, -0.2) is 13.2 Å². The molecule has 41 heavy (non-hydrogen) atoms. The van der Waals surface area contributed by atoms with Gasteiger partial charge in [0, 0.05) is 30.1 Å². The topological polar surface area (TPSA) is 133 Å². The Hall–Kier alpha value is -3.89. The number of hydrogen-bond donors (Lipinski definition) is 3. The van der Waals surface area contributed by atoms with E-state index in [-0.39, 0.29) is 40.0 Å². The standard InChI is InChI=1S/C30H34ClN3O6S/c1-30(2,3)27(29(37)38)34(24-13-8-12-23(31)20-24)41(39,40)25-14-7-11-22(19-25)28(36)33-18-16-26(35)32-17-15-21-9-5-4-6-10-21/h4-14,19-20,27H,15-18H2,1-3H3,(H,32,35)(H,33,36)(H,37,38). The number of sulfonamides is 1. The molecule has 2 amide bonds. The van der Waals surface area contributed by atoms with Crippen molar-refractivity contribution in [2.75, 3.05) is 17.4 Å². The van der Waals surface area contributed by atoms with Crippen molar-refractivity contribution in [3.63, 3.8) is 0 Å². The molecule has 3 aromatic carbocycles. The van der Waals surface area contributed by atoms with E-state index in [1.54, 1.807) is 26.8 Å². The van der Waals surface area contributed by atoms with E-state index in [4.69, 9.17) is 11.6 Å². The zero-order chi connectivity index (χ0) is 30.2. The van der Waals surface area contributed by atoms with Gasteiger partial charge in [-0.3, -0.25) is 13.9 Å². The maximum absolute atomic E-state index is 14.0. The summed E-state index contributed by atoms with van der Waals surface area (Å²) in [5.41, 5.74) is 0.219. The van der Waals surface area contributed by atoms with Gasteiger partial charge in [0.25, 0.3) is 15.9 Å². The van der Waals surface area contributed by atoms with Crippen LogP contribution in [0.2, 0.25) is 5.02 Å². The van der Waals surface area contributed by atoms with Crippen LogP contribution in [0.25, 0.3) is 0 Å². The fourth-order valence-electron chi connectivity index (χ4n) is 4.24. The lowest BCUT2D eigenvalue weighted by Crippen LogP contribution is -2.52. The minimum Gasteiger partial charge on any atom is -0.480 e. The minimum atomic E-state index is -4.47. The number of anilines is 1. The van der Waals surface area contributed by atoms with Crippen molar-refractivity contribution in [2.45, 2.75) is 44.6 Å². The number of rotatable bonds is 12. The van der Waals surface area contributed by atoms with Gasteiger partial charge in [-0.2, -0.15) is 0 Å². The molecule has 0 spiro atoms. The monoisotopic (exact) mass is 599 g/mol. The highest BCUT2D eigenvalue weighted by Gasteiger charge is 2.43. The summed E-state index contributed by atoms with van der Waals surface area (Å²) in [6.07, 6.45) is 0.733. The summed E-state index contributed by atoms with van der Waals surface area (Å²) in [5.74, 6) is -2.13. The highest BCUT2D eigenvalue weighted by atomic mass is 35.5. The number of halogens is 1. The van der Waals surface area contributed by atoms with Crippen molar-refractivity contribution in [3.8, 4) is 0 Å². The van der Waals surface area contributed by atoms with Crippen molar-refractivity contribution in [2.24, 2.45) is 5.41 Å². The van der Waals surface area contributed by atoms with Gasteiger partial charge in [-0.1, -0.05) is 74.8 Å². The van der Waals surface area contributed by atoms with E-state index in [1.807, 2.05) is 30.3 Å². The molecule has 0 radical (unpaired) electrons. The van der Waals surface area contributed by atoms with E-state index in [9.17, 15) is 27.9 Å². The lowest BCUT2D eigenvalue weighted by Gasteiger charge is -2.37. The molecule has 11 heteroatoms. The van der Waals surface area contributed by atoms with Gasteiger partial charge < -0.3 is 15.7 Å². The average molecular weight is 600 g/mol. The van der Waals surface area contributed by atoms with Gasteiger partial charge in [0.05, 0.1) is 10.6 Å². The van der Waals surface area contributed by atoms with Gasteiger partial charge in [-0.05, 0) is 53.8 Å². The Bertz CT molecular complexity index is 1490. The van der Waals surface area contributed by atoms with Crippen molar-refractivity contribution in [1.82, 2.24) is 10.6 Å². The number of amides is 2. The maximum atomic E-state index is 14.0. The first-order valence-corrected chi connectivity index (χ1v) is 14.8. The predicted octanol–water partition coefficient (Wildman–Crippen LogP) is 4.51. The number of carboxylic acids is 1. The van der Waals surface area contributed by atoms with Gasteiger partial charge >= 0.3 is 5.97 Å². The van der Waals surface area contributed by atoms with Crippen LogP contribution in [0.1, 0.15) is 43.1 Å². The zero-order valence-electron chi connectivity index (χ0n) is 23.1. The molecule has 3 rings (SSSR count). The Morgan fingerprint density at radius 1 is 0.902 bits per heavy atom. The summed E-state index contributed by atoms with van der Waals surface area (Å²) in [4.78, 5) is 37.1. The number of carboxylic acid groups (broad SMARTS) is 1. The van der Waals surface area contributed by atoms with Crippen LogP contribution in [0.15, 0.2) is 83.8 Å². The number of benzene rings is 3. The Morgan fingerprint density at radius 3 is 2.22 bits per heavy atom. The Balaban J connectivity index is 1.75. The molecular weight excluding hydrogens is 566 g/mol. The number of nitrogens with one attached hydrogen (secondary N) is 2. The molecular formula is C30H34ClN3O6S. The molecule has 3 N–H and O–H groups in total. The second-order valence-corrected chi connectivity index (χ2v) is 12.8. The Kier molecular flexibility index (Phi) is 10.5. The Morgan fingerprint density at radius 2 is 1.59 bits per heavy atom. The number of hydrogen-bond acceptors (Lipinski definition) is 5. The molecule has 0 aliphatic carbocycles. The minimum absolute atomic E-state index is 0.0456. The molecule has 0 aliphatic heterocycles. The highest BCUT2D eigenvalue weighted by molar-refractivity contribution is 7.93. The molecule has 0 heterocycles. The number of aliphatic carboxylic acids is 1. The molecule has 3 aromatic rings. The smallest absolute Gasteiger partial charge is 0.328 e. The first-order valence-electron chi connectivity index (χ1n) is 13.0. The van der Waals surface area contributed by atoms with Crippen LogP contribution in [-0.4, -0.2) is 50.4 Å². The van der Waals surface area contributed by atoms with E-state index in [2.05, 4.69) is 10.6 Å². The molecule has 0 fully saturated rings. The summed E-state index contributed by atoms with van der Waals surface area (Å²) >= 11 is 6.13.